The first-order valence-electron chi connectivity index (χ1n) is 22.3. The number of aromatic hydroxyl groups is 1. The van der Waals surface area contributed by atoms with Gasteiger partial charge >= 0.3 is 21.1 Å². The van der Waals surface area contributed by atoms with Crippen LogP contribution in [-0.2, 0) is 42.7 Å². The van der Waals surface area contributed by atoms with E-state index >= 15 is 0 Å². The first-order chi connectivity index (χ1) is 29.6. The zero-order valence-corrected chi connectivity index (χ0v) is 42.1. The van der Waals surface area contributed by atoms with Gasteiger partial charge in [0.05, 0.1) is 23.7 Å². The fourth-order valence-corrected chi connectivity index (χ4v) is 8.16. The Morgan fingerprint density at radius 3 is 1.75 bits per heavy atom. The molecule has 0 saturated heterocycles. The minimum absolute atomic E-state index is 0. The van der Waals surface area contributed by atoms with Gasteiger partial charge in [0, 0.05) is 23.0 Å². The quantitative estimate of drug-likeness (QED) is 0.169. The summed E-state index contributed by atoms with van der Waals surface area (Å²) in [6.45, 7) is 26.0. The van der Waals surface area contributed by atoms with Gasteiger partial charge in [-0.25, -0.2) is 4.98 Å². The summed E-state index contributed by atoms with van der Waals surface area (Å²) in [7, 11) is 0. The third kappa shape index (κ3) is 9.45. The molecule has 0 bridgehead atoms. The molecule has 5 heteroatoms. The first-order valence-corrected chi connectivity index (χ1v) is 21.8. The number of pyridine rings is 1. The predicted octanol–water partition coefficient (Wildman–Crippen LogP) is 15.9. The van der Waals surface area contributed by atoms with Crippen molar-refractivity contribution < 1.29 is 27.5 Å². The van der Waals surface area contributed by atoms with Gasteiger partial charge in [-0.3, -0.25) is 9.55 Å². The van der Waals surface area contributed by atoms with Crippen LogP contribution in [0.3, 0.4) is 0 Å². The zero-order chi connectivity index (χ0) is 45.2. The molecule has 0 aliphatic rings. The summed E-state index contributed by atoms with van der Waals surface area (Å²) in [5.74, 6) is 0.690. The molecule has 1 N–H and O–H groups in total. The van der Waals surface area contributed by atoms with Crippen molar-refractivity contribution in [2.24, 2.45) is 0 Å². The van der Waals surface area contributed by atoms with Crippen molar-refractivity contribution in [1.82, 2.24) is 14.5 Å². The molecule has 2 aromatic heterocycles. The molecule has 0 unspecified atom stereocenters. The van der Waals surface area contributed by atoms with Crippen LogP contribution in [0.2, 0.25) is 0 Å². The molecule has 0 amide bonds. The average Bonchev–Trinajstić information content (AvgIpc) is 3.62. The van der Waals surface area contributed by atoms with Crippen LogP contribution >= 0.6 is 0 Å². The summed E-state index contributed by atoms with van der Waals surface area (Å²) in [6, 6.07) is 48.9. The second kappa shape index (κ2) is 17.8. The maximum Gasteiger partial charge on any atom is 2.00 e. The molecule has 0 aliphatic carbocycles. The average molecular weight is 1030 g/mol. The molecule has 8 aromatic rings. The number of hydrogen-bond acceptors (Lipinski definition) is 3. The summed E-state index contributed by atoms with van der Waals surface area (Å²) < 4.78 is 11.7. The van der Waals surface area contributed by atoms with Crippen molar-refractivity contribution in [3.05, 3.63) is 175 Å². The van der Waals surface area contributed by atoms with Crippen LogP contribution in [0.5, 0.6) is 5.75 Å². The van der Waals surface area contributed by atoms with Crippen LogP contribution in [0.25, 0.3) is 72.7 Å². The van der Waals surface area contributed by atoms with Gasteiger partial charge < -0.3 is 12.5 Å². The molecule has 0 saturated carbocycles. The van der Waals surface area contributed by atoms with Gasteiger partial charge in [0.1, 0.15) is 11.6 Å². The summed E-state index contributed by atoms with van der Waals surface area (Å²) in [5, 5.41) is 12.6. The number of phenols is 1. The molecule has 6 aromatic carbocycles. The normalized spacial score (nSPS) is 12.4. The second-order valence-corrected chi connectivity index (χ2v) is 20.9. The van der Waals surface area contributed by atoms with Gasteiger partial charge in [0.15, 0.2) is 0 Å². The van der Waals surface area contributed by atoms with Crippen molar-refractivity contribution in [1.29, 1.82) is 0 Å². The minimum Gasteiger partial charge on any atom is -0.507 e. The molecular formula is C59H63N3OPt. The van der Waals surface area contributed by atoms with Gasteiger partial charge in [-0.05, 0) is 79.8 Å². The Hall–Kier alpha value is -5.57. The minimum atomic E-state index is -0.520. The Labute approximate surface area is 398 Å². The molecule has 0 atom stereocenters. The van der Waals surface area contributed by atoms with E-state index in [1.807, 2.05) is 24.4 Å². The van der Waals surface area contributed by atoms with E-state index in [2.05, 4.69) is 203 Å². The standard InChI is InChI=1S/C58H60N3O.CH3.Pt/c1-55(2,3)42-26-27-50(46(34-42)38-22-17-14-18-23-38)61-51-25-19-24-45(52(51)60-54(61)47-35-44(57(7,8)9)36-48(53(47)62)58(10,11)12)40-30-41(32-43(31-40)56(4,5)6)49-33-39(28-29-59-49)37-20-15-13-16-21-37;;/h13-29,31-36,62H,1-12H3;1H3;/q2*-1;+2/i36D;;. The van der Waals surface area contributed by atoms with Crippen LogP contribution in [0.15, 0.2) is 140 Å². The third-order valence-electron chi connectivity index (χ3n) is 11.9. The molecule has 2 heterocycles. The maximum absolute atomic E-state index is 12.6. The smallest absolute Gasteiger partial charge is 0.507 e. The zero-order valence-electron chi connectivity index (χ0n) is 40.8. The third-order valence-corrected chi connectivity index (χ3v) is 11.9. The summed E-state index contributed by atoms with van der Waals surface area (Å²) in [5.41, 5.74) is 13.8. The summed E-state index contributed by atoms with van der Waals surface area (Å²) in [4.78, 5) is 10.5. The Morgan fingerprint density at radius 2 is 1.14 bits per heavy atom. The van der Waals surface area contributed by atoms with Gasteiger partial charge in [-0.1, -0.05) is 185 Å². The van der Waals surface area contributed by atoms with Crippen LogP contribution < -0.4 is 0 Å². The van der Waals surface area contributed by atoms with Crippen LogP contribution in [0.4, 0.5) is 0 Å². The van der Waals surface area contributed by atoms with E-state index in [1.165, 1.54) is 5.56 Å². The number of aromatic nitrogens is 3. The largest absolute Gasteiger partial charge is 2.00 e. The molecule has 330 valence electrons. The van der Waals surface area contributed by atoms with E-state index in [-0.39, 0.29) is 50.5 Å². The van der Waals surface area contributed by atoms with Crippen molar-refractivity contribution in [2.75, 3.05) is 0 Å². The fourth-order valence-electron chi connectivity index (χ4n) is 8.16. The van der Waals surface area contributed by atoms with Gasteiger partial charge in [-0.2, -0.15) is 0 Å². The Kier molecular flexibility index (Phi) is 12.9. The Morgan fingerprint density at radius 1 is 0.547 bits per heavy atom. The summed E-state index contributed by atoms with van der Waals surface area (Å²) >= 11 is 0. The van der Waals surface area contributed by atoms with Crippen LogP contribution in [0.1, 0.15) is 107 Å². The summed E-state index contributed by atoms with van der Waals surface area (Å²) in [6.07, 6.45) is 1.88. The number of imidazole rings is 1. The van der Waals surface area contributed by atoms with Crippen LogP contribution in [-0.4, -0.2) is 19.6 Å². The van der Waals surface area contributed by atoms with E-state index in [0.29, 0.717) is 23.0 Å². The van der Waals surface area contributed by atoms with E-state index in [0.717, 1.165) is 72.5 Å². The maximum atomic E-state index is 12.6. The van der Waals surface area contributed by atoms with E-state index in [1.54, 1.807) is 0 Å². The molecule has 0 radical (unpaired) electrons. The first kappa shape index (κ1) is 46.4. The van der Waals surface area contributed by atoms with Crippen molar-refractivity contribution in [3.8, 4) is 67.5 Å². The molecule has 0 fully saturated rings. The van der Waals surface area contributed by atoms with E-state index in [4.69, 9.17) is 9.97 Å². The molecule has 8 rings (SSSR count). The molecule has 0 aliphatic heterocycles. The molecule has 4 nitrogen and oxygen atoms in total. The molecule has 64 heavy (non-hydrogen) atoms. The number of nitrogens with zero attached hydrogens (tertiary/aromatic N) is 3. The van der Waals surface area contributed by atoms with Crippen molar-refractivity contribution in [3.63, 3.8) is 0 Å². The topological polar surface area (TPSA) is 50.9 Å². The SMILES string of the molecule is [2H]c1c(C(C)(C)C)cc(-c2nc3c(-c4[c-]c(-c5cc(-c6ccccc6)ccn5)cc(C(C)(C)C)c4)cccc3n2-c2ccc(C(C)(C)C)cc2-c2ccccc2)c(O)c1C(C)(C)C.[CH3-].[Pt+2]. The Bertz CT molecular complexity index is 2990. The monoisotopic (exact) mass is 1030 g/mol. The van der Waals surface area contributed by atoms with Gasteiger partial charge in [0.2, 0.25) is 0 Å². The number of para-hydroxylation sites is 1. The Balaban J connectivity index is 0.00000350. The fraction of sp³-hybridized carbons (Fsp3) is 0.271. The van der Waals surface area contributed by atoms with Gasteiger partial charge in [0.25, 0.3) is 0 Å². The number of rotatable bonds is 6. The number of benzene rings is 6. The van der Waals surface area contributed by atoms with E-state index in [9.17, 15) is 6.48 Å². The van der Waals surface area contributed by atoms with Gasteiger partial charge in [-0.15, -0.1) is 29.3 Å². The van der Waals surface area contributed by atoms with E-state index < -0.39 is 5.41 Å². The predicted molar refractivity (Wildman–Crippen MR) is 268 cm³/mol. The number of hydrogen-bond donors (Lipinski definition) is 1. The molecular weight excluding hydrogens is 962 g/mol. The van der Waals surface area contributed by atoms with Crippen LogP contribution in [0, 0.1) is 13.5 Å². The molecule has 0 spiro atoms. The van der Waals surface area contributed by atoms with Crippen molar-refractivity contribution >= 4 is 11.0 Å². The number of phenolic OH excluding ortho intramolecular Hbond substituents is 1. The van der Waals surface area contributed by atoms with Crippen molar-refractivity contribution in [2.45, 2.75) is 105 Å². The second-order valence-electron chi connectivity index (χ2n) is 20.9. The number of fused-ring (bicyclic) bond motifs is 1.